The third-order valence-corrected chi connectivity index (χ3v) is 3.56. The van der Waals surface area contributed by atoms with E-state index in [9.17, 15) is 9.90 Å². The van der Waals surface area contributed by atoms with E-state index in [2.05, 4.69) is 0 Å². The van der Waals surface area contributed by atoms with Gasteiger partial charge in [-0.1, -0.05) is 11.6 Å². The Morgan fingerprint density at radius 1 is 1.40 bits per heavy atom. The van der Waals surface area contributed by atoms with Gasteiger partial charge in [0.15, 0.2) is 5.60 Å². The van der Waals surface area contributed by atoms with Crippen LogP contribution < -0.4 is 4.74 Å². The number of hydrogen-bond donors (Lipinski definition) is 1. The summed E-state index contributed by atoms with van der Waals surface area (Å²) >= 11 is 0. The van der Waals surface area contributed by atoms with Crippen molar-refractivity contribution in [2.45, 2.75) is 31.5 Å². The van der Waals surface area contributed by atoms with Crippen LogP contribution in [0.15, 0.2) is 18.2 Å². The van der Waals surface area contributed by atoms with Gasteiger partial charge in [0.05, 0.1) is 26.4 Å². The highest BCUT2D eigenvalue weighted by molar-refractivity contribution is 5.83. The summed E-state index contributed by atoms with van der Waals surface area (Å²) in [6.07, 6.45) is 0.131. The van der Waals surface area contributed by atoms with E-state index in [-0.39, 0.29) is 13.0 Å². The fraction of sp³-hybridized carbons (Fsp3) is 0.533. The van der Waals surface area contributed by atoms with Crippen LogP contribution in [-0.4, -0.2) is 37.5 Å². The average molecular weight is 280 g/mol. The summed E-state index contributed by atoms with van der Waals surface area (Å²) < 4.78 is 15.9. The SMILES string of the molecule is COC(=O)[C@@]1(c2cc(C)ccc2OC)C[C@@](C)(O)CO1. The van der Waals surface area contributed by atoms with E-state index in [1.54, 1.807) is 13.0 Å². The maximum absolute atomic E-state index is 12.3. The summed E-state index contributed by atoms with van der Waals surface area (Å²) in [4.78, 5) is 12.3. The Hall–Kier alpha value is -1.59. The van der Waals surface area contributed by atoms with Gasteiger partial charge in [0.2, 0.25) is 0 Å². The molecule has 1 aliphatic heterocycles. The molecule has 2 rings (SSSR count). The molecule has 0 amide bonds. The highest BCUT2D eigenvalue weighted by atomic mass is 16.6. The van der Waals surface area contributed by atoms with Crippen molar-refractivity contribution in [2.75, 3.05) is 20.8 Å². The van der Waals surface area contributed by atoms with Crippen molar-refractivity contribution in [3.8, 4) is 5.75 Å². The Morgan fingerprint density at radius 2 is 2.10 bits per heavy atom. The number of aliphatic hydroxyl groups is 1. The standard InChI is InChI=1S/C15H20O5/c1-10-5-6-12(18-3)11(7-10)15(13(16)19-4)8-14(2,17)9-20-15/h5-7,17H,8-9H2,1-4H3/t14-,15+/m1/s1. The Labute approximate surface area is 118 Å². The molecule has 1 heterocycles. The quantitative estimate of drug-likeness (QED) is 0.851. The predicted molar refractivity (Wildman–Crippen MR) is 72.6 cm³/mol. The third-order valence-electron chi connectivity index (χ3n) is 3.56. The number of carbonyl (C=O) groups excluding carboxylic acids is 1. The van der Waals surface area contributed by atoms with Crippen molar-refractivity contribution in [1.29, 1.82) is 0 Å². The highest BCUT2D eigenvalue weighted by Crippen LogP contribution is 2.45. The van der Waals surface area contributed by atoms with Gasteiger partial charge in [-0.15, -0.1) is 0 Å². The van der Waals surface area contributed by atoms with E-state index in [0.717, 1.165) is 5.56 Å². The highest BCUT2D eigenvalue weighted by Gasteiger charge is 2.55. The summed E-state index contributed by atoms with van der Waals surface area (Å²) in [7, 11) is 2.84. The molecule has 20 heavy (non-hydrogen) atoms. The predicted octanol–water partition coefficient (Wildman–Crippen LogP) is 1.54. The lowest BCUT2D eigenvalue weighted by atomic mass is 9.84. The molecule has 2 atom stereocenters. The van der Waals surface area contributed by atoms with Crippen LogP contribution in [0.2, 0.25) is 0 Å². The number of hydrogen-bond acceptors (Lipinski definition) is 5. The molecule has 1 saturated heterocycles. The van der Waals surface area contributed by atoms with E-state index in [1.165, 1.54) is 14.2 Å². The van der Waals surface area contributed by atoms with Gasteiger partial charge in [0.25, 0.3) is 0 Å². The fourth-order valence-electron chi connectivity index (χ4n) is 2.63. The van der Waals surface area contributed by atoms with Crippen LogP contribution in [0.25, 0.3) is 0 Å². The third kappa shape index (κ3) is 2.39. The molecule has 1 fully saturated rings. The lowest BCUT2D eigenvalue weighted by Crippen LogP contribution is -2.38. The van der Waals surface area contributed by atoms with Gasteiger partial charge in [0, 0.05) is 12.0 Å². The molecule has 0 spiro atoms. The first kappa shape index (κ1) is 14.8. The molecule has 1 aliphatic rings. The first-order chi connectivity index (χ1) is 9.34. The van der Waals surface area contributed by atoms with Crippen LogP contribution in [0.5, 0.6) is 5.75 Å². The van der Waals surface area contributed by atoms with Crippen LogP contribution in [0.4, 0.5) is 0 Å². The topological polar surface area (TPSA) is 65.0 Å². The monoisotopic (exact) mass is 280 g/mol. The van der Waals surface area contributed by atoms with Gasteiger partial charge in [-0.25, -0.2) is 4.79 Å². The van der Waals surface area contributed by atoms with E-state index in [4.69, 9.17) is 14.2 Å². The zero-order valence-corrected chi connectivity index (χ0v) is 12.2. The second-order valence-electron chi connectivity index (χ2n) is 5.48. The number of rotatable bonds is 3. The molecule has 1 aromatic rings. The number of aryl methyl sites for hydroxylation is 1. The second-order valence-corrected chi connectivity index (χ2v) is 5.48. The Kier molecular flexibility index (Phi) is 3.75. The van der Waals surface area contributed by atoms with E-state index < -0.39 is 17.2 Å². The maximum atomic E-state index is 12.3. The van der Waals surface area contributed by atoms with Gasteiger partial charge in [-0.2, -0.15) is 0 Å². The Morgan fingerprint density at radius 3 is 2.60 bits per heavy atom. The van der Waals surface area contributed by atoms with Crippen LogP contribution in [-0.2, 0) is 19.9 Å². The van der Waals surface area contributed by atoms with E-state index in [1.807, 2.05) is 19.1 Å². The van der Waals surface area contributed by atoms with Crippen LogP contribution in [0.3, 0.4) is 0 Å². The van der Waals surface area contributed by atoms with Crippen molar-refractivity contribution >= 4 is 5.97 Å². The van der Waals surface area contributed by atoms with Gasteiger partial charge in [0.1, 0.15) is 5.75 Å². The molecule has 5 nitrogen and oxygen atoms in total. The maximum Gasteiger partial charge on any atom is 0.343 e. The fourth-order valence-corrected chi connectivity index (χ4v) is 2.63. The van der Waals surface area contributed by atoms with Crippen LogP contribution >= 0.6 is 0 Å². The smallest absolute Gasteiger partial charge is 0.343 e. The molecule has 0 aromatic heterocycles. The first-order valence-electron chi connectivity index (χ1n) is 6.44. The van der Waals surface area contributed by atoms with Gasteiger partial charge < -0.3 is 19.3 Å². The van der Waals surface area contributed by atoms with E-state index >= 15 is 0 Å². The molecule has 0 unspecified atom stereocenters. The minimum absolute atomic E-state index is 0.0686. The Bertz CT molecular complexity index is 523. The first-order valence-corrected chi connectivity index (χ1v) is 6.44. The van der Waals surface area contributed by atoms with Crippen LogP contribution in [0, 0.1) is 6.92 Å². The van der Waals surface area contributed by atoms with Gasteiger partial charge in [-0.3, -0.25) is 0 Å². The lowest BCUT2D eigenvalue weighted by Gasteiger charge is -2.28. The molecule has 1 aromatic carbocycles. The molecule has 0 radical (unpaired) electrons. The molecule has 0 saturated carbocycles. The largest absolute Gasteiger partial charge is 0.496 e. The second kappa shape index (κ2) is 5.07. The molecular weight excluding hydrogens is 260 g/mol. The molecular formula is C15H20O5. The minimum atomic E-state index is -1.32. The number of methoxy groups -OCH3 is 2. The van der Waals surface area contributed by atoms with Gasteiger partial charge >= 0.3 is 5.97 Å². The molecule has 0 aliphatic carbocycles. The number of benzene rings is 1. The molecule has 1 N–H and O–H groups in total. The summed E-state index contributed by atoms with van der Waals surface area (Å²) in [5.74, 6) is 0.0119. The zero-order chi connectivity index (χ0) is 15.0. The van der Waals surface area contributed by atoms with Crippen molar-refractivity contribution < 1.29 is 24.1 Å². The summed E-state index contributed by atoms with van der Waals surface area (Å²) in [5, 5.41) is 10.2. The molecule has 0 bridgehead atoms. The average Bonchev–Trinajstić information content (AvgIpc) is 2.75. The summed E-state index contributed by atoms with van der Waals surface area (Å²) in [5.41, 5.74) is -0.845. The van der Waals surface area contributed by atoms with Crippen molar-refractivity contribution in [3.05, 3.63) is 29.3 Å². The zero-order valence-electron chi connectivity index (χ0n) is 12.2. The molecule has 110 valence electrons. The van der Waals surface area contributed by atoms with Crippen LogP contribution in [0.1, 0.15) is 24.5 Å². The molecule has 5 heteroatoms. The van der Waals surface area contributed by atoms with Gasteiger partial charge in [-0.05, 0) is 26.0 Å². The lowest BCUT2D eigenvalue weighted by molar-refractivity contribution is -0.165. The Balaban J connectivity index is 2.59. The number of esters is 1. The normalized spacial score (nSPS) is 29.2. The van der Waals surface area contributed by atoms with Crippen molar-refractivity contribution in [1.82, 2.24) is 0 Å². The summed E-state index contributed by atoms with van der Waals surface area (Å²) in [6.45, 7) is 3.63. The van der Waals surface area contributed by atoms with E-state index in [0.29, 0.717) is 11.3 Å². The summed E-state index contributed by atoms with van der Waals surface area (Å²) in [6, 6.07) is 5.50. The number of carbonyl (C=O) groups is 1. The minimum Gasteiger partial charge on any atom is -0.496 e. The van der Waals surface area contributed by atoms with Crippen molar-refractivity contribution in [3.63, 3.8) is 0 Å². The number of ether oxygens (including phenoxy) is 3. The van der Waals surface area contributed by atoms with Crippen molar-refractivity contribution in [2.24, 2.45) is 0 Å².